The molecule has 0 radical (unpaired) electrons. The van der Waals surface area contributed by atoms with Crippen molar-refractivity contribution in [2.45, 2.75) is 28.9 Å². The first-order chi connectivity index (χ1) is 13.7. The Labute approximate surface area is 188 Å². The van der Waals surface area contributed by atoms with Crippen molar-refractivity contribution in [1.82, 2.24) is 9.97 Å². The van der Waals surface area contributed by atoms with E-state index in [1.54, 1.807) is 6.26 Å². The van der Waals surface area contributed by atoms with Crippen molar-refractivity contribution in [1.29, 1.82) is 0 Å². The summed E-state index contributed by atoms with van der Waals surface area (Å²) in [6.45, 7) is 0.0494. The van der Waals surface area contributed by atoms with E-state index in [0.717, 1.165) is 24.6 Å². The summed E-state index contributed by atoms with van der Waals surface area (Å²) in [6, 6.07) is 0.277. The minimum absolute atomic E-state index is 0.0494. The van der Waals surface area contributed by atoms with Crippen LogP contribution in [0.25, 0.3) is 0 Å². The van der Waals surface area contributed by atoms with Gasteiger partial charge in [-0.2, -0.15) is 4.98 Å². The molecule has 158 valence electrons. The molecule has 0 aromatic carbocycles. The maximum absolute atomic E-state index is 10.8. The third-order valence-electron chi connectivity index (χ3n) is 3.64. The van der Waals surface area contributed by atoms with Crippen molar-refractivity contribution in [3.8, 4) is 0 Å². The lowest BCUT2D eigenvalue weighted by Gasteiger charge is -2.21. The number of halogens is 3. The van der Waals surface area contributed by atoms with Crippen LogP contribution in [0.5, 0.6) is 0 Å². The van der Waals surface area contributed by atoms with E-state index >= 15 is 0 Å². The molecular weight excluding hydrogens is 489 g/mol. The Morgan fingerprint density at radius 3 is 2.07 bits per heavy atom. The van der Waals surface area contributed by atoms with E-state index in [-0.39, 0.29) is 39.7 Å². The van der Waals surface area contributed by atoms with Gasteiger partial charge in [-0.3, -0.25) is 20.2 Å². The summed E-state index contributed by atoms with van der Waals surface area (Å²) in [4.78, 5) is 34.0. The summed E-state index contributed by atoms with van der Waals surface area (Å²) in [5, 5.41) is 24.7. The lowest BCUT2D eigenvalue weighted by molar-refractivity contribution is -0.496. The zero-order chi connectivity index (χ0) is 21.8. The molecule has 16 heteroatoms. The van der Waals surface area contributed by atoms with Crippen molar-refractivity contribution in [2.24, 2.45) is 9.98 Å². The quantitative estimate of drug-likeness (QED) is 0.152. The Balaban J connectivity index is 0.000000212. The Morgan fingerprint density at radius 1 is 1.10 bits per heavy atom. The lowest BCUT2D eigenvalue weighted by atomic mass is 10.3. The fourth-order valence-electron chi connectivity index (χ4n) is 2.04. The minimum Gasteiger partial charge on any atom is -0.361 e. The van der Waals surface area contributed by atoms with E-state index < -0.39 is 14.7 Å². The van der Waals surface area contributed by atoms with Crippen LogP contribution >= 0.6 is 58.3 Å². The van der Waals surface area contributed by atoms with Gasteiger partial charge in [-0.1, -0.05) is 58.3 Å². The number of nitro groups is 2. The monoisotopic (exact) mass is 501 g/mol. The van der Waals surface area contributed by atoms with Gasteiger partial charge in [0.25, 0.3) is 0 Å². The molecule has 2 aliphatic rings. The summed E-state index contributed by atoms with van der Waals surface area (Å²) < 4.78 is 0. The number of thioether (sulfide) groups is 2. The first kappa shape index (κ1) is 23.9. The van der Waals surface area contributed by atoms with Crippen LogP contribution in [0.1, 0.15) is 12.8 Å². The normalized spacial score (nSPS) is 17.4. The number of hydrogen-bond acceptors (Lipinski definition) is 11. The van der Waals surface area contributed by atoms with Gasteiger partial charge >= 0.3 is 10.6 Å². The highest BCUT2D eigenvalue weighted by atomic mass is 35.5. The average Bonchev–Trinajstić information content (AvgIpc) is 3.45. The molecule has 0 amide bonds. The molecule has 0 saturated heterocycles. The molecule has 1 aromatic rings. The summed E-state index contributed by atoms with van der Waals surface area (Å²) in [5.41, 5.74) is -0.244. The van der Waals surface area contributed by atoms with Gasteiger partial charge in [0, 0.05) is 6.04 Å². The Hall–Kier alpha value is -1.41. The van der Waals surface area contributed by atoms with Gasteiger partial charge in [-0.15, -0.1) is 0 Å². The van der Waals surface area contributed by atoms with Crippen LogP contribution < -0.4 is 5.32 Å². The summed E-state index contributed by atoms with van der Waals surface area (Å²) in [7, 11) is 0. The zero-order valence-electron chi connectivity index (χ0n) is 15.0. The van der Waals surface area contributed by atoms with Crippen LogP contribution in [0.15, 0.2) is 15.1 Å². The summed E-state index contributed by atoms with van der Waals surface area (Å²) in [6.07, 6.45) is 5.34. The zero-order valence-corrected chi connectivity index (χ0v) is 18.9. The SMILES string of the molecule is CSC1([N+](=O)[O-])C(Cl)=NCN=C1Cl.CSc1nc(Cl)c([N+](=O)[O-])c(NC2CC2)n1. The van der Waals surface area contributed by atoms with Gasteiger partial charge in [-0.25, -0.2) is 15.0 Å². The van der Waals surface area contributed by atoms with E-state index in [2.05, 4.69) is 25.3 Å². The largest absolute Gasteiger partial charge is 0.370 e. The number of aliphatic imine (C=N–C) groups is 2. The number of nitrogens with zero attached hydrogens (tertiary/aromatic N) is 6. The molecule has 1 saturated carbocycles. The van der Waals surface area contributed by atoms with Crippen LogP contribution in [0, 0.1) is 20.2 Å². The first-order valence-electron chi connectivity index (χ1n) is 7.80. The van der Waals surface area contributed by atoms with Crippen LogP contribution in [0.3, 0.4) is 0 Å². The van der Waals surface area contributed by atoms with Crippen molar-refractivity contribution >= 4 is 80.2 Å². The van der Waals surface area contributed by atoms with Gasteiger partial charge in [0.15, 0.2) is 15.5 Å². The van der Waals surface area contributed by atoms with E-state index in [4.69, 9.17) is 34.8 Å². The molecular formula is C13H14Cl3N7O4S2. The fraction of sp³-hybridized carbons (Fsp3) is 0.538. The number of rotatable bonds is 6. The Bertz CT molecular complexity index is 864. The molecule has 0 spiro atoms. The minimum atomic E-state index is -1.69. The maximum atomic E-state index is 10.8. The highest BCUT2D eigenvalue weighted by Crippen LogP contribution is 2.35. The van der Waals surface area contributed by atoms with Crippen LogP contribution in [-0.2, 0) is 0 Å². The molecule has 11 nitrogen and oxygen atoms in total. The highest BCUT2D eigenvalue weighted by molar-refractivity contribution is 8.01. The van der Waals surface area contributed by atoms with Crippen molar-refractivity contribution in [2.75, 3.05) is 24.5 Å². The topological polar surface area (TPSA) is 149 Å². The molecule has 29 heavy (non-hydrogen) atoms. The average molecular weight is 503 g/mol. The van der Waals surface area contributed by atoms with E-state index in [0.29, 0.717) is 5.16 Å². The standard InChI is InChI=1S/C8H9ClN4O2S.C5H5Cl2N3O2S/c1-16-8-11-6(9)5(13(14)15)7(12-8)10-4-2-3-4;1-13-5(10(11)12)3(6)8-2-9-4(5)7/h4H,2-3H2,1H3,(H,10,11,12);2H2,1H3. The molecule has 1 aromatic heterocycles. The molecule has 1 aliphatic carbocycles. The lowest BCUT2D eigenvalue weighted by Crippen LogP contribution is -2.47. The molecule has 1 fully saturated rings. The third-order valence-corrected chi connectivity index (χ3v) is 6.58. The van der Waals surface area contributed by atoms with Gasteiger partial charge in [0.2, 0.25) is 11.0 Å². The van der Waals surface area contributed by atoms with Gasteiger partial charge < -0.3 is 5.32 Å². The molecule has 1 aliphatic heterocycles. The Kier molecular flexibility index (Phi) is 8.28. The molecule has 0 atom stereocenters. The second-order valence-corrected chi connectivity index (χ2v) is 8.37. The fourth-order valence-corrected chi connectivity index (χ4v) is 4.24. The van der Waals surface area contributed by atoms with Gasteiger partial charge in [-0.05, 0) is 25.4 Å². The first-order valence-corrected chi connectivity index (χ1v) is 11.4. The van der Waals surface area contributed by atoms with Crippen molar-refractivity contribution in [3.63, 3.8) is 0 Å². The van der Waals surface area contributed by atoms with Crippen molar-refractivity contribution in [3.05, 3.63) is 25.4 Å². The molecule has 0 unspecified atom stereocenters. The van der Waals surface area contributed by atoms with Crippen LogP contribution in [-0.4, -0.2) is 60.2 Å². The third kappa shape index (κ3) is 5.40. The number of aromatic nitrogens is 2. The second-order valence-electron chi connectivity index (χ2n) is 5.52. The van der Waals surface area contributed by atoms with E-state index in [1.165, 1.54) is 18.0 Å². The highest BCUT2D eigenvalue weighted by Gasteiger charge is 2.53. The molecule has 2 heterocycles. The number of nitrogens with one attached hydrogen (secondary N) is 1. The molecule has 0 bridgehead atoms. The van der Waals surface area contributed by atoms with Gasteiger partial charge in [0.1, 0.15) is 6.67 Å². The van der Waals surface area contributed by atoms with Gasteiger partial charge in [0.05, 0.1) is 9.85 Å². The molecule has 3 rings (SSSR count). The number of hydrogen-bond donors (Lipinski definition) is 1. The predicted octanol–water partition coefficient (Wildman–Crippen LogP) is 3.90. The van der Waals surface area contributed by atoms with E-state index in [1.807, 2.05) is 0 Å². The van der Waals surface area contributed by atoms with Crippen molar-refractivity contribution < 1.29 is 9.85 Å². The second kappa shape index (κ2) is 10.1. The predicted molar refractivity (Wildman–Crippen MR) is 117 cm³/mol. The maximum Gasteiger partial charge on any atom is 0.370 e. The van der Waals surface area contributed by atoms with E-state index in [9.17, 15) is 20.2 Å². The summed E-state index contributed by atoms with van der Waals surface area (Å²) >= 11 is 19.3. The van der Waals surface area contributed by atoms with Crippen LogP contribution in [0.4, 0.5) is 11.5 Å². The summed E-state index contributed by atoms with van der Waals surface area (Å²) in [5.74, 6) is 0.219. The Morgan fingerprint density at radius 2 is 1.69 bits per heavy atom. The molecule has 1 N–H and O–H groups in total. The smallest absolute Gasteiger partial charge is 0.361 e. The van der Waals surface area contributed by atoms with Crippen LogP contribution in [0.2, 0.25) is 5.15 Å². The number of anilines is 1.